The zero-order valence-corrected chi connectivity index (χ0v) is 16.2. The molecule has 1 amide bonds. The van der Waals surface area contributed by atoms with Crippen molar-refractivity contribution in [1.82, 2.24) is 10.6 Å². The van der Waals surface area contributed by atoms with Gasteiger partial charge in [-0.2, -0.15) is 0 Å². The van der Waals surface area contributed by atoms with Crippen LogP contribution in [0.1, 0.15) is 20.8 Å². The maximum atomic E-state index is 12.0. The van der Waals surface area contributed by atoms with Crippen LogP contribution in [0, 0.1) is 11.8 Å². The molecule has 0 saturated carbocycles. The van der Waals surface area contributed by atoms with Crippen molar-refractivity contribution in [3.8, 4) is 0 Å². The van der Waals surface area contributed by atoms with Crippen LogP contribution in [0.15, 0.2) is 36.9 Å². The number of methoxy groups -OCH3 is 1. The van der Waals surface area contributed by atoms with E-state index in [0.29, 0.717) is 18.1 Å². The quantitative estimate of drug-likeness (QED) is 0.287. The van der Waals surface area contributed by atoms with Crippen LogP contribution in [-0.4, -0.2) is 50.1 Å². The van der Waals surface area contributed by atoms with Crippen LogP contribution < -0.4 is 10.6 Å². The highest BCUT2D eigenvalue weighted by Gasteiger charge is 2.52. The monoisotopic (exact) mass is 380 g/mol. The first-order valence-corrected chi connectivity index (χ1v) is 8.78. The topological polar surface area (TPSA) is 95.1 Å². The van der Waals surface area contributed by atoms with Crippen molar-refractivity contribution >= 4 is 12.1 Å². The summed E-state index contributed by atoms with van der Waals surface area (Å²) in [5.74, 6) is -0.300. The number of amides is 1. The number of alkyl carbamates (subject to hydrolysis) is 1. The molecule has 0 aliphatic carbocycles. The summed E-state index contributed by atoms with van der Waals surface area (Å²) in [5, 5.41) is 5.41. The molecule has 0 aromatic heterocycles. The fraction of sp³-hybridized carbons (Fsp3) is 0.579. The van der Waals surface area contributed by atoms with E-state index < -0.39 is 17.6 Å². The lowest BCUT2D eigenvalue weighted by molar-refractivity contribution is -0.147. The number of nitrogens with one attached hydrogen (secondary N) is 2. The van der Waals surface area contributed by atoms with Gasteiger partial charge in [-0.15, -0.1) is 0 Å². The van der Waals surface area contributed by atoms with Crippen LogP contribution in [0.4, 0.5) is 4.79 Å². The average Bonchev–Trinajstić information content (AvgIpc) is 3.17. The zero-order valence-electron chi connectivity index (χ0n) is 16.2. The molecule has 150 valence electrons. The smallest absolute Gasteiger partial charge is 0.413 e. The number of carbonyl (C=O) groups excluding carboxylic acids is 2. The summed E-state index contributed by atoms with van der Waals surface area (Å²) in [4.78, 5) is 23.7. The van der Waals surface area contributed by atoms with E-state index >= 15 is 0 Å². The summed E-state index contributed by atoms with van der Waals surface area (Å²) in [6.45, 7) is 13.6. The molecule has 2 N–H and O–H groups in total. The molecule has 0 spiro atoms. The minimum atomic E-state index is -0.586. The molecular weight excluding hydrogens is 352 g/mol. The molecule has 2 bridgehead atoms. The van der Waals surface area contributed by atoms with E-state index in [1.54, 1.807) is 20.8 Å². The number of carbonyl (C=O) groups is 2. The Morgan fingerprint density at radius 2 is 1.78 bits per heavy atom. The van der Waals surface area contributed by atoms with E-state index in [-0.39, 0.29) is 30.7 Å². The van der Waals surface area contributed by atoms with Gasteiger partial charge in [-0.25, -0.2) is 4.79 Å². The summed E-state index contributed by atoms with van der Waals surface area (Å²) in [6.07, 6.45) is 2.65. The molecule has 8 nitrogen and oxygen atoms in total. The summed E-state index contributed by atoms with van der Waals surface area (Å²) in [7, 11) is 1.35. The predicted molar refractivity (Wildman–Crippen MR) is 98.4 cm³/mol. The summed E-state index contributed by atoms with van der Waals surface area (Å²) in [6, 6.07) is 0. The Balaban J connectivity index is 1.73. The standard InChI is InChI=1S/C19H28N2O6/c1-11(15-13-7-8-14(26-13)16(15)17(22)24-6)25-10-9-20-12(2)21-18(23)27-19(3,4)5/h7-8,13-16,20H,1-2,9-10H2,3-6H3,(H,21,23). The zero-order chi connectivity index (χ0) is 20.2. The molecule has 2 aliphatic heterocycles. The Bertz CT molecular complexity index is 637. The van der Waals surface area contributed by atoms with Crippen molar-refractivity contribution in [3.05, 3.63) is 36.9 Å². The van der Waals surface area contributed by atoms with E-state index in [9.17, 15) is 9.59 Å². The first kappa shape index (κ1) is 20.8. The number of rotatable bonds is 8. The minimum Gasteiger partial charge on any atom is -0.496 e. The third-order valence-electron chi connectivity index (χ3n) is 4.12. The minimum absolute atomic E-state index is 0.233. The number of ether oxygens (including phenoxy) is 4. The molecule has 2 rings (SSSR count). The summed E-state index contributed by atoms with van der Waals surface area (Å²) >= 11 is 0. The molecule has 4 atom stereocenters. The molecule has 8 heteroatoms. The van der Waals surface area contributed by atoms with Crippen molar-refractivity contribution in [2.45, 2.75) is 38.6 Å². The number of fused-ring (bicyclic) bond motifs is 2. The summed E-state index contributed by atoms with van der Waals surface area (Å²) < 4.78 is 21.4. The lowest BCUT2D eigenvalue weighted by Gasteiger charge is -2.25. The van der Waals surface area contributed by atoms with E-state index in [1.165, 1.54) is 7.11 Å². The van der Waals surface area contributed by atoms with E-state index in [1.807, 2.05) is 12.2 Å². The Morgan fingerprint density at radius 3 is 2.37 bits per heavy atom. The highest BCUT2D eigenvalue weighted by atomic mass is 16.6. The van der Waals surface area contributed by atoms with Gasteiger partial charge in [-0.1, -0.05) is 25.3 Å². The van der Waals surface area contributed by atoms with Crippen LogP contribution in [0.2, 0.25) is 0 Å². The molecule has 1 fully saturated rings. The van der Waals surface area contributed by atoms with Crippen LogP contribution >= 0.6 is 0 Å². The highest BCUT2D eigenvalue weighted by Crippen LogP contribution is 2.43. The van der Waals surface area contributed by atoms with E-state index in [2.05, 4.69) is 23.8 Å². The van der Waals surface area contributed by atoms with Gasteiger partial charge in [-0.05, 0) is 20.8 Å². The van der Waals surface area contributed by atoms with Crippen molar-refractivity contribution < 1.29 is 28.5 Å². The second kappa shape index (κ2) is 8.47. The molecule has 1 saturated heterocycles. The van der Waals surface area contributed by atoms with Crippen molar-refractivity contribution in [2.75, 3.05) is 20.3 Å². The van der Waals surface area contributed by atoms with Crippen LogP contribution in [0.25, 0.3) is 0 Å². The molecule has 27 heavy (non-hydrogen) atoms. The average molecular weight is 380 g/mol. The molecular formula is C19H28N2O6. The predicted octanol–water partition coefficient (Wildman–Crippen LogP) is 1.84. The Morgan fingerprint density at radius 1 is 1.15 bits per heavy atom. The van der Waals surface area contributed by atoms with Gasteiger partial charge in [0.25, 0.3) is 0 Å². The van der Waals surface area contributed by atoms with Crippen LogP contribution in [0.5, 0.6) is 0 Å². The van der Waals surface area contributed by atoms with Crippen LogP contribution in [-0.2, 0) is 23.7 Å². The highest BCUT2D eigenvalue weighted by molar-refractivity contribution is 5.75. The first-order valence-electron chi connectivity index (χ1n) is 8.78. The largest absolute Gasteiger partial charge is 0.496 e. The van der Waals surface area contributed by atoms with Gasteiger partial charge in [0.15, 0.2) is 0 Å². The van der Waals surface area contributed by atoms with Gasteiger partial charge >= 0.3 is 12.1 Å². The lowest BCUT2D eigenvalue weighted by atomic mass is 9.82. The Hall–Kier alpha value is -2.48. The first-order chi connectivity index (χ1) is 12.6. The fourth-order valence-electron chi connectivity index (χ4n) is 3.06. The van der Waals surface area contributed by atoms with Gasteiger partial charge in [0.2, 0.25) is 0 Å². The SMILES string of the molecule is C=C(NCCOC(=C)C1C2C=CC(O2)C1C(=O)OC)NC(=O)OC(C)(C)C. The lowest BCUT2D eigenvalue weighted by Crippen LogP contribution is -2.37. The number of esters is 1. The second-order valence-electron chi connectivity index (χ2n) is 7.37. The molecule has 0 aromatic carbocycles. The Labute approximate surface area is 159 Å². The van der Waals surface area contributed by atoms with Gasteiger partial charge in [0.1, 0.15) is 18.0 Å². The van der Waals surface area contributed by atoms with Gasteiger partial charge in [0.05, 0.1) is 43.5 Å². The molecule has 0 aromatic rings. The normalized spacial score (nSPS) is 25.6. The third kappa shape index (κ3) is 5.50. The molecule has 2 aliphatic rings. The molecule has 4 unspecified atom stereocenters. The maximum absolute atomic E-state index is 12.0. The van der Waals surface area contributed by atoms with Gasteiger partial charge in [0, 0.05) is 0 Å². The Kier molecular flexibility index (Phi) is 6.54. The van der Waals surface area contributed by atoms with Crippen molar-refractivity contribution in [2.24, 2.45) is 11.8 Å². The van der Waals surface area contributed by atoms with Crippen molar-refractivity contribution in [3.63, 3.8) is 0 Å². The second-order valence-corrected chi connectivity index (χ2v) is 7.37. The maximum Gasteiger partial charge on any atom is 0.413 e. The molecule has 2 heterocycles. The number of hydrogen-bond acceptors (Lipinski definition) is 7. The van der Waals surface area contributed by atoms with Gasteiger partial charge in [-0.3, -0.25) is 10.1 Å². The molecule has 0 radical (unpaired) electrons. The van der Waals surface area contributed by atoms with Gasteiger partial charge < -0.3 is 24.3 Å². The van der Waals surface area contributed by atoms with Crippen LogP contribution in [0.3, 0.4) is 0 Å². The van der Waals surface area contributed by atoms with Crippen molar-refractivity contribution in [1.29, 1.82) is 0 Å². The van der Waals surface area contributed by atoms with E-state index in [4.69, 9.17) is 18.9 Å². The fourth-order valence-corrected chi connectivity index (χ4v) is 3.06. The summed E-state index contributed by atoms with van der Waals surface area (Å²) in [5.41, 5.74) is -0.585. The number of hydrogen-bond donors (Lipinski definition) is 2. The van der Waals surface area contributed by atoms with E-state index in [0.717, 1.165) is 0 Å². The third-order valence-corrected chi connectivity index (χ3v) is 4.12.